The lowest BCUT2D eigenvalue weighted by atomic mass is 9.96. The van der Waals surface area contributed by atoms with Crippen LogP contribution < -0.4 is 16.0 Å². The van der Waals surface area contributed by atoms with Gasteiger partial charge < -0.3 is 16.0 Å². The van der Waals surface area contributed by atoms with Crippen molar-refractivity contribution in [3.05, 3.63) is 29.8 Å². The van der Waals surface area contributed by atoms with Gasteiger partial charge >= 0.3 is 6.03 Å². The molecule has 0 aliphatic rings. The highest BCUT2D eigenvalue weighted by Crippen LogP contribution is 2.17. The van der Waals surface area contributed by atoms with Crippen molar-refractivity contribution in [2.45, 2.75) is 52.6 Å². The van der Waals surface area contributed by atoms with Crippen molar-refractivity contribution in [1.29, 1.82) is 0 Å². The molecular weight excluding hydrogens is 262 g/mol. The lowest BCUT2D eigenvalue weighted by Gasteiger charge is -2.22. The molecule has 118 valence electrons. The number of carbonyl (C=O) groups is 1. The average molecular weight is 291 g/mol. The first kappa shape index (κ1) is 17.5. The highest BCUT2D eigenvalue weighted by Gasteiger charge is 2.15. The number of hydrogen-bond acceptors (Lipinski definition) is 2. The van der Waals surface area contributed by atoms with Crippen LogP contribution in [0.25, 0.3) is 0 Å². The summed E-state index contributed by atoms with van der Waals surface area (Å²) in [6, 6.07) is 8.23. The number of benzene rings is 1. The summed E-state index contributed by atoms with van der Waals surface area (Å²) >= 11 is 0. The molecular formula is C17H29N3O. The second kappa shape index (κ2) is 8.67. The minimum absolute atomic E-state index is 0.135. The molecule has 1 rings (SSSR count). The van der Waals surface area contributed by atoms with Crippen LogP contribution in [0.2, 0.25) is 0 Å². The van der Waals surface area contributed by atoms with Crippen LogP contribution in [-0.2, 0) is 0 Å². The van der Waals surface area contributed by atoms with Gasteiger partial charge in [-0.1, -0.05) is 38.8 Å². The molecule has 0 saturated carbocycles. The zero-order chi connectivity index (χ0) is 15.8. The van der Waals surface area contributed by atoms with Crippen molar-refractivity contribution >= 4 is 11.7 Å². The number of urea groups is 1. The molecule has 0 aliphatic heterocycles. The highest BCUT2D eigenvalue weighted by molar-refractivity contribution is 5.89. The highest BCUT2D eigenvalue weighted by atomic mass is 16.2. The van der Waals surface area contributed by atoms with E-state index in [1.807, 2.05) is 25.2 Å². The summed E-state index contributed by atoms with van der Waals surface area (Å²) in [5, 5.41) is 9.14. The number of carbonyl (C=O) groups excluding carboxylic acids is 1. The fourth-order valence-electron chi connectivity index (χ4n) is 2.54. The monoisotopic (exact) mass is 291 g/mol. The molecule has 0 bridgehead atoms. The summed E-state index contributed by atoms with van der Waals surface area (Å²) in [6.07, 6.45) is 2.15. The van der Waals surface area contributed by atoms with Gasteiger partial charge in [-0.3, -0.25) is 0 Å². The third kappa shape index (κ3) is 5.38. The molecule has 0 fully saturated rings. The van der Waals surface area contributed by atoms with Gasteiger partial charge in [-0.2, -0.15) is 0 Å². The molecule has 0 heterocycles. The Labute approximate surface area is 128 Å². The molecule has 4 nitrogen and oxygen atoms in total. The van der Waals surface area contributed by atoms with E-state index in [2.05, 4.69) is 49.7 Å². The first-order chi connectivity index (χ1) is 10.0. The fraction of sp³-hybridized carbons (Fsp3) is 0.588. The van der Waals surface area contributed by atoms with Crippen LogP contribution in [-0.4, -0.2) is 19.1 Å². The standard InChI is InChI=1S/C17H29N3O/c1-6-14(7-2)13(4)19-17(21)20-16-10-8-9-15(11-16)12(3)18-5/h8-14,18H,6-7H2,1-5H3,(H2,19,20,21). The van der Waals surface area contributed by atoms with Crippen LogP contribution in [0.4, 0.5) is 10.5 Å². The largest absolute Gasteiger partial charge is 0.335 e. The predicted molar refractivity (Wildman–Crippen MR) is 89.6 cm³/mol. The molecule has 4 heteroatoms. The lowest BCUT2D eigenvalue weighted by Crippen LogP contribution is -2.40. The SMILES string of the molecule is CCC(CC)C(C)NC(=O)Nc1cccc(C(C)NC)c1. The van der Waals surface area contributed by atoms with Crippen molar-refractivity contribution < 1.29 is 4.79 Å². The first-order valence-electron chi connectivity index (χ1n) is 7.86. The molecule has 2 amide bonds. The van der Waals surface area contributed by atoms with Crippen LogP contribution in [0.1, 0.15) is 52.1 Å². The van der Waals surface area contributed by atoms with Crippen LogP contribution in [0.5, 0.6) is 0 Å². The molecule has 0 spiro atoms. The van der Waals surface area contributed by atoms with E-state index in [9.17, 15) is 4.79 Å². The molecule has 1 aromatic carbocycles. The number of nitrogens with one attached hydrogen (secondary N) is 3. The molecule has 0 saturated heterocycles. The van der Waals surface area contributed by atoms with Crippen molar-refractivity contribution in [1.82, 2.24) is 10.6 Å². The lowest BCUT2D eigenvalue weighted by molar-refractivity contribution is 0.243. The Bertz CT molecular complexity index is 443. The van der Waals surface area contributed by atoms with E-state index in [1.165, 1.54) is 0 Å². The Morgan fingerprint density at radius 1 is 1.19 bits per heavy atom. The summed E-state index contributed by atoms with van der Waals surface area (Å²) < 4.78 is 0. The van der Waals surface area contributed by atoms with Crippen molar-refractivity contribution in [2.75, 3.05) is 12.4 Å². The smallest absolute Gasteiger partial charge is 0.319 e. The molecule has 21 heavy (non-hydrogen) atoms. The average Bonchev–Trinajstić information content (AvgIpc) is 2.47. The second-order valence-electron chi connectivity index (χ2n) is 5.60. The van der Waals surface area contributed by atoms with Crippen LogP contribution in [0.3, 0.4) is 0 Å². The van der Waals surface area contributed by atoms with Gasteiger partial charge in [0.1, 0.15) is 0 Å². The second-order valence-corrected chi connectivity index (χ2v) is 5.60. The molecule has 0 aliphatic carbocycles. The Morgan fingerprint density at radius 3 is 2.43 bits per heavy atom. The number of hydrogen-bond donors (Lipinski definition) is 3. The van der Waals surface area contributed by atoms with Crippen molar-refractivity contribution in [2.24, 2.45) is 5.92 Å². The van der Waals surface area contributed by atoms with Gasteiger partial charge in [-0.15, -0.1) is 0 Å². The van der Waals surface area contributed by atoms with E-state index < -0.39 is 0 Å². The minimum atomic E-state index is -0.135. The topological polar surface area (TPSA) is 53.2 Å². The van der Waals surface area contributed by atoms with E-state index >= 15 is 0 Å². The Kier molecular flexibility index (Phi) is 7.23. The Hall–Kier alpha value is -1.55. The molecule has 0 aromatic heterocycles. The summed E-state index contributed by atoms with van der Waals surface area (Å²) in [4.78, 5) is 12.1. The molecule has 2 atom stereocenters. The first-order valence-corrected chi connectivity index (χ1v) is 7.86. The third-order valence-corrected chi connectivity index (χ3v) is 4.19. The van der Waals surface area contributed by atoms with Gasteiger partial charge in [-0.05, 0) is 44.5 Å². The van der Waals surface area contributed by atoms with E-state index in [4.69, 9.17) is 0 Å². The van der Waals surface area contributed by atoms with Gasteiger partial charge in [0, 0.05) is 17.8 Å². The predicted octanol–water partition coefficient (Wildman–Crippen LogP) is 3.91. The quantitative estimate of drug-likeness (QED) is 0.713. The summed E-state index contributed by atoms with van der Waals surface area (Å²) in [7, 11) is 1.93. The van der Waals surface area contributed by atoms with E-state index in [0.29, 0.717) is 5.92 Å². The summed E-state index contributed by atoms with van der Waals surface area (Å²) in [5.41, 5.74) is 1.98. The van der Waals surface area contributed by atoms with Gasteiger partial charge in [-0.25, -0.2) is 4.79 Å². The zero-order valence-corrected chi connectivity index (χ0v) is 13.9. The number of rotatable bonds is 7. The maximum atomic E-state index is 12.1. The maximum Gasteiger partial charge on any atom is 0.319 e. The number of amides is 2. The van der Waals surface area contributed by atoms with Crippen molar-refractivity contribution in [3.8, 4) is 0 Å². The van der Waals surface area contributed by atoms with Crippen molar-refractivity contribution in [3.63, 3.8) is 0 Å². The van der Waals surface area contributed by atoms with Crippen LogP contribution in [0, 0.1) is 5.92 Å². The van der Waals surface area contributed by atoms with Crippen LogP contribution >= 0.6 is 0 Å². The zero-order valence-electron chi connectivity index (χ0n) is 13.9. The molecule has 2 unspecified atom stereocenters. The normalized spacial score (nSPS) is 13.8. The van der Waals surface area contributed by atoms with Crippen LogP contribution in [0.15, 0.2) is 24.3 Å². The maximum absolute atomic E-state index is 12.1. The van der Waals surface area contributed by atoms with E-state index in [-0.39, 0.29) is 18.1 Å². The number of anilines is 1. The summed E-state index contributed by atoms with van der Waals surface area (Å²) in [6.45, 7) is 8.48. The molecule has 3 N–H and O–H groups in total. The van der Waals surface area contributed by atoms with Gasteiger partial charge in [0.15, 0.2) is 0 Å². The van der Waals surface area contributed by atoms with E-state index in [0.717, 1.165) is 24.1 Å². The van der Waals surface area contributed by atoms with Gasteiger partial charge in [0.05, 0.1) is 0 Å². The fourth-order valence-corrected chi connectivity index (χ4v) is 2.54. The van der Waals surface area contributed by atoms with Gasteiger partial charge in [0.25, 0.3) is 0 Å². The Morgan fingerprint density at radius 2 is 1.86 bits per heavy atom. The summed E-state index contributed by atoms with van der Waals surface area (Å²) in [5.74, 6) is 0.520. The van der Waals surface area contributed by atoms with E-state index in [1.54, 1.807) is 0 Å². The molecule has 1 aromatic rings. The Balaban J connectivity index is 2.62. The third-order valence-electron chi connectivity index (χ3n) is 4.19. The minimum Gasteiger partial charge on any atom is -0.335 e. The molecule has 0 radical (unpaired) electrons. The van der Waals surface area contributed by atoms with Gasteiger partial charge in [0.2, 0.25) is 0 Å².